The van der Waals surface area contributed by atoms with Gasteiger partial charge in [-0.05, 0) is 33.4 Å². The molecular formula is C14H27N3O2. The summed E-state index contributed by atoms with van der Waals surface area (Å²) in [6.45, 7) is 6.69. The van der Waals surface area contributed by atoms with Gasteiger partial charge in [0.2, 0.25) is 5.91 Å². The van der Waals surface area contributed by atoms with Crippen LogP contribution in [0.5, 0.6) is 0 Å². The van der Waals surface area contributed by atoms with Gasteiger partial charge in [0.25, 0.3) is 0 Å². The predicted octanol–water partition coefficient (Wildman–Crippen LogP) is 0.308. The first-order valence-corrected chi connectivity index (χ1v) is 7.49. The second-order valence-electron chi connectivity index (χ2n) is 5.60. The lowest BCUT2D eigenvalue weighted by atomic mass is 9.96. The molecule has 2 aliphatic rings. The number of morpholine rings is 1. The van der Waals surface area contributed by atoms with E-state index in [4.69, 9.17) is 4.74 Å². The highest BCUT2D eigenvalue weighted by Crippen LogP contribution is 2.19. The number of hydrogen-bond acceptors (Lipinski definition) is 4. The molecule has 2 fully saturated rings. The number of nitrogens with one attached hydrogen (secondary N) is 1. The van der Waals surface area contributed by atoms with Gasteiger partial charge in [0.05, 0.1) is 19.8 Å². The molecule has 1 amide bonds. The second-order valence-corrected chi connectivity index (χ2v) is 5.60. The number of rotatable bonds is 4. The zero-order valence-electron chi connectivity index (χ0n) is 12.2. The predicted molar refractivity (Wildman–Crippen MR) is 75.1 cm³/mol. The summed E-state index contributed by atoms with van der Waals surface area (Å²) in [7, 11) is 2.00. The van der Waals surface area contributed by atoms with E-state index >= 15 is 0 Å². The highest BCUT2D eigenvalue weighted by atomic mass is 16.5. The van der Waals surface area contributed by atoms with Gasteiger partial charge < -0.3 is 15.0 Å². The molecule has 0 bridgehead atoms. The standard InChI is InChI=1S/C14H27N3O2/c1-12(15-2)13-5-3-4-6-17(13)11-14(18)16-7-9-19-10-8-16/h12-13,15H,3-11H2,1-2H3. The smallest absolute Gasteiger partial charge is 0.236 e. The molecule has 0 saturated carbocycles. The minimum atomic E-state index is 0.263. The van der Waals surface area contributed by atoms with Crippen molar-refractivity contribution in [3.05, 3.63) is 0 Å². The Morgan fingerprint density at radius 3 is 2.74 bits per heavy atom. The molecule has 0 aromatic heterocycles. The maximum Gasteiger partial charge on any atom is 0.236 e. The zero-order valence-corrected chi connectivity index (χ0v) is 12.2. The zero-order chi connectivity index (χ0) is 13.7. The third kappa shape index (κ3) is 3.91. The molecule has 2 saturated heterocycles. The maximum atomic E-state index is 12.3. The van der Waals surface area contributed by atoms with Crippen molar-refractivity contribution in [3.8, 4) is 0 Å². The van der Waals surface area contributed by atoms with Crippen molar-refractivity contribution in [1.82, 2.24) is 15.1 Å². The second kappa shape index (κ2) is 7.22. The van der Waals surface area contributed by atoms with Gasteiger partial charge >= 0.3 is 0 Å². The van der Waals surface area contributed by atoms with E-state index in [0.29, 0.717) is 31.8 Å². The van der Waals surface area contributed by atoms with Crippen molar-refractivity contribution in [2.75, 3.05) is 46.4 Å². The summed E-state index contributed by atoms with van der Waals surface area (Å²) in [5.74, 6) is 0.263. The number of carbonyl (C=O) groups excluding carboxylic acids is 1. The van der Waals surface area contributed by atoms with Crippen LogP contribution in [0.4, 0.5) is 0 Å². The van der Waals surface area contributed by atoms with Gasteiger partial charge in [-0.15, -0.1) is 0 Å². The summed E-state index contributed by atoms with van der Waals surface area (Å²) in [4.78, 5) is 16.6. The van der Waals surface area contributed by atoms with E-state index < -0.39 is 0 Å². The molecule has 0 spiro atoms. The van der Waals surface area contributed by atoms with Crippen molar-refractivity contribution in [1.29, 1.82) is 0 Å². The van der Waals surface area contributed by atoms with Gasteiger partial charge in [-0.2, -0.15) is 0 Å². The van der Waals surface area contributed by atoms with Crippen LogP contribution >= 0.6 is 0 Å². The molecule has 2 rings (SSSR count). The van der Waals surface area contributed by atoms with E-state index in [-0.39, 0.29) is 5.91 Å². The van der Waals surface area contributed by atoms with Crippen molar-refractivity contribution in [3.63, 3.8) is 0 Å². The molecular weight excluding hydrogens is 242 g/mol. The molecule has 5 heteroatoms. The van der Waals surface area contributed by atoms with E-state index in [2.05, 4.69) is 17.1 Å². The van der Waals surface area contributed by atoms with Crippen LogP contribution in [0.2, 0.25) is 0 Å². The molecule has 5 nitrogen and oxygen atoms in total. The summed E-state index contributed by atoms with van der Waals surface area (Å²) < 4.78 is 5.30. The lowest BCUT2D eigenvalue weighted by Gasteiger charge is -2.40. The number of ether oxygens (including phenoxy) is 1. The number of nitrogens with zero attached hydrogens (tertiary/aromatic N) is 2. The number of hydrogen-bond donors (Lipinski definition) is 1. The molecule has 2 aliphatic heterocycles. The molecule has 19 heavy (non-hydrogen) atoms. The first kappa shape index (κ1) is 14.8. The van der Waals surface area contributed by atoms with Gasteiger partial charge in [-0.1, -0.05) is 6.42 Å². The molecule has 2 unspecified atom stereocenters. The summed E-state index contributed by atoms with van der Waals surface area (Å²) in [6.07, 6.45) is 3.68. The van der Waals surface area contributed by atoms with Crippen molar-refractivity contribution in [2.45, 2.75) is 38.3 Å². The van der Waals surface area contributed by atoms with E-state index in [1.54, 1.807) is 0 Å². The van der Waals surface area contributed by atoms with Crippen molar-refractivity contribution in [2.24, 2.45) is 0 Å². The monoisotopic (exact) mass is 269 g/mol. The fourth-order valence-corrected chi connectivity index (χ4v) is 3.06. The van der Waals surface area contributed by atoms with Crippen molar-refractivity contribution >= 4 is 5.91 Å². The number of piperidine rings is 1. The molecule has 0 aliphatic carbocycles. The van der Waals surface area contributed by atoms with Gasteiger partial charge in [0, 0.05) is 25.2 Å². The largest absolute Gasteiger partial charge is 0.378 e. The van der Waals surface area contributed by atoms with Crippen LogP contribution in [-0.4, -0.2) is 74.2 Å². The maximum absolute atomic E-state index is 12.3. The van der Waals surface area contributed by atoms with Crippen molar-refractivity contribution < 1.29 is 9.53 Å². The first-order chi connectivity index (χ1) is 9.22. The van der Waals surface area contributed by atoms with Crippen LogP contribution in [0.1, 0.15) is 26.2 Å². The summed E-state index contributed by atoms with van der Waals surface area (Å²) in [6, 6.07) is 0.932. The van der Waals surface area contributed by atoms with Gasteiger partial charge in [-0.25, -0.2) is 0 Å². The Hall–Kier alpha value is -0.650. The molecule has 1 N–H and O–H groups in total. The van der Waals surface area contributed by atoms with Crippen LogP contribution in [0.25, 0.3) is 0 Å². The Morgan fingerprint density at radius 2 is 2.05 bits per heavy atom. The molecule has 110 valence electrons. The van der Waals surface area contributed by atoms with Crippen LogP contribution < -0.4 is 5.32 Å². The van der Waals surface area contributed by atoms with E-state index in [0.717, 1.165) is 19.6 Å². The van der Waals surface area contributed by atoms with Crippen LogP contribution in [0, 0.1) is 0 Å². The quantitative estimate of drug-likeness (QED) is 0.798. The van der Waals surface area contributed by atoms with Crippen LogP contribution in [-0.2, 0) is 9.53 Å². The minimum Gasteiger partial charge on any atom is -0.378 e. The Labute approximate surface area is 116 Å². The third-order valence-corrected chi connectivity index (χ3v) is 4.40. The third-order valence-electron chi connectivity index (χ3n) is 4.40. The van der Waals surface area contributed by atoms with Crippen LogP contribution in [0.3, 0.4) is 0 Å². The number of likely N-dealkylation sites (N-methyl/N-ethyl adjacent to an activating group) is 1. The Balaban J connectivity index is 1.89. The van der Waals surface area contributed by atoms with E-state index in [9.17, 15) is 4.79 Å². The normalized spacial score (nSPS) is 27.3. The minimum absolute atomic E-state index is 0.263. The lowest BCUT2D eigenvalue weighted by Crippen LogP contribution is -2.54. The molecule has 0 aromatic carbocycles. The average Bonchev–Trinajstić information content (AvgIpc) is 2.48. The van der Waals surface area contributed by atoms with Crippen LogP contribution in [0.15, 0.2) is 0 Å². The van der Waals surface area contributed by atoms with Gasteiger partial charge in [0.1, 0.15) is 0 Å². The first-order valence-electron chi connectivity index (χ1n) is 7.49. The number of amides is 1. The highest BCUT2D eigenvalue weighted by molar-refractivity contribution is 5.78. The Bertz CT molecular complexity index is 292. The van der Waals surface area contributed by atoms with Gasteiger partial charge in [0.15, 0.2) is 0 Å². The topological polar surface area (TPSA) is 44.8 Å². The fraction of sp³-hybridized carbons (Fsp3) is 0.929. The molecule has 0 radical (unpaired) electrons. The summed E-state index contributed by atoms with van der Waals surface area (Å²) >= 11 is 0. The lowest BCUT2D eigenvalue weighted by molar-refractivity contribution is -0.137. The van der Waals surface area contributed by atoms with Gasteiger partial charge in [-0.3, -0.25) is 9.69 Å². The SMILES string of the molecule is CNC(C)C1CCCCN1CC(=O)N1CCOCC1. The highest BCUT2D eigenvalue weighted by Gasteiger charge is 2.29. The summed E-state index contributed by atoms with van der Waals surface area (Å²) in [5.41, 5.74) is 0. The Morgan fingerprint density at radius 1 is 1.32 bits per heavy atom. The number of carbonyl (C=O) groups is 1. The molecule has 0 aromatic rings. The number of likely N-dealkylation sites (tertiary alicyclic amines) is 1. The Kier molecular flexibility index (Phi) is 5.60. The van der Waals surface area contributed by atoms with E-state index in [1.165, 1.54) is 19.3 Å². The fourth-order valence-electron chi connectivity index (χ4n) is 3.06. The molecule has 2 heterocycles. The average molecular weight is 269 g/mol. The summed E-state index contributed by atoms with van der Waals surface area (Å²) in [5, 5.41) is 3.33. The van der Waals surface area contributed by atoms with E-state index in [1.807, 2.05) is 11.9 Å². The molecule has 2 atom stereocenters.